The highest BCUT2D eigenvalue weighted by Crippen LogP contribution is 2.19. The summed E-state index contributed by atoms with van der Waals surface area (Å²) in [6, 6.07) is 21.9. The molecule has 0 saturated carbocycles. The van der Waals surface area contributed by atoms with E-state index in [2.05, 4.69) is 15.4 Å². The number of carbonyl (C=O) groups excluding carboxylic acids is 1. The minimum atomic E-state index is -3.72. The Bertz CT molecular complexity index is 1230. The second kappa shape index (κ2) is 10.6. The molecule has 9 heteroatoms. The molecule has 3 rings (SSSR count). The van der Waals surface area contributed by atoms with Crippen LogP contribution in [0.4, 0.5) is 11.4 Å². The van der Waals surface area contributed by atoms with Crippen LogP contribution in [-0.4, -0.2) is 26.5 Å². The van der Waals surface area contributed by atoms with Crippen LogP contribution in [-0.2, 0) is 14.8 Å². The van der Waals surface area contributed by atoms with Crippen molar-refractivity contribution in [1.29, 1.82) is 0 Å². The van der Waals surface area contributed by atoms with Crippen LogP contribution >= 0.6 is 12.2 Å². The minimum Gasteiger partial charge on any atom is -0.496 e. The van der Waals surface area contributed by atoms with Gasteiger partial charge in [0.1, 0.15) is 5.75 Å². The van der Waals surface area contributed by atoms with Crippen LogP contribution < -0.4 is 20.1 Å². The molecule has 0 fully saturated rings. The molecule has 0 radical (unpaired) electrons. The van der Waals surface area contributed by atoms with E-state index >= 15 is 0 Å². The number of nitrogens with one attached hydrogen (secondary N) is 3. The molecule has 7 nitrogen and oxygen atoms in total. The Kier molecular flexibility index (Phi) is 7.58. The molecule has 0 saturated heterocycles. The third kappa shape index (κ3) is 6.40. The van der Waals surface area contributed by atoms with Crippen LogP contribution in [0.3, 0.4) is 0 Å². The van der Waals surface area contributed by atoms with Crippen LogP contribution in [0.5, 0.6) is 5.75 Å². The fourth-order valence-corrected chi connectivity index (χ4v) is 4.00. The number of para-hydroxylation sites is 2. The molecular weight excluding hydrogens is 446 g/mol. The van der Waals surface area contributed by atoms with Gasteiger partial charge in [-0.25, -0.2) is 8.42 Å². The molecular formula is C23H21N3O4S2. The van der Waals surface area contributed by atoms with Gasteiger partial charge in [-0.1, -0.05) is 36.4 Å². The van der Waals surface area contributed by atoms with E-state index in [0.717, 1.165) is 5.56 Å². The van der Waals surface area contributed by atoms with E-state index in [9.17, 15) is 13.2 Å². The van der Waals surface area contributed by atoms with Crippen molar-refractivity contribution in [3.05, 3.63) is 90.5 Å². The van der Waals surface area contributed by atoms with Crippen LogP contribution in [0, 0.1) is 0 Å². The molecule has 0 atom stereocenters. The highest BCUT2D eigenvalue weighted by atomic mass is 32.2. The topological polar surface area (TPSA) is 96.5 Å². The van der Waals surface area contributed by atoms with Crippen molar-refractivity contribution < 1.29 is 17.9 Å². The van der Waals surface area contributed by atoms with Gasteiger partial charge >= 0.3 is 0 Å². The van der Waals surface area contributed by atoms with E-state index in [-0.39, 0.29) is 10.0 Å². The lowest BCUT2D eigenvalue weighted by molar-refractivity contribution is -0.115. The molecule has 0 spiro atoms. The van der Waals surface area contributed by atoms with Crippen LogP contribution in [0.1, 0.15) is 5.56 Å². The van der Waals surface area contributed by atoms with Crippen LogP contribution in [0.15, 0.2) is 89.8 Å². The van der Waals surface area contributed by atoms with E-state index in [4.69, 9.17) is 17.0 Å². The molecule has 32 heavy (non-hydrogen) atoms. The van der Waals surface area contributed by atoms with Gasteiger partial charge in [-0.15, -0.1) is 0 Å². The quantitative estimate of drug-likeness (QED) is 0.359. The van der Waals surface area contributed by atoms with Crippen molar-refractivity contribution in [2.24, 2.45) is 0 Å². The SMILES string of the molecule is COc1ccccc1C=CC(=O)NC(=S)Nc1ccc(S(=O)(=O)Nc2ccccc2)cc1. The van der Waals surface area contributed by atoms with Crippen molar-refractivity contribution in [2.45, 2.75) is 4.90 Å². The number of thiocarbonyl (C=S) groups is 1. The Balaban J connectivity index is 1.57. The Morgan fingerprint density at radius 1 is 0.906 bits per heavy atom. The van der Waals surface area contributed by atoms with Crippen molar-refractivity contribution in [3.8, 4) is 5.75 Å². The van der Waals surface area contributed by atoms with Gasteiger partial charge in [-0.2, -0.15) is 0 Å². The van der Waals surface area contributed by atoms with Crippen molar-refractivity contribution in [1.82, 2.24) is 5.32 Å². The number of carbonyl (C=O) groups is 1. The van der Waals surface area contributed by atoms with Crippen molar-refractivity contribution >= 4 is 50.7 Å². The normalized spacial score (nSPS) is 11.0. The third-order valence-corrected chi connectivity index (χ3v) is 5.84. The lowest BCUT2D eigenvalue weighted by atomic mass is 10.2. The van der Waals surface area contributed by atoms with Crippen molar-refractivity contribution in [3.63, 3.8) is 0 Å². The van der Waals surface area contributed by atoms with Gasteiger partial charge < -0.3 is 10.1 Å². The van der Waals surface area contributed by atoms with E-state index in [1.54, 1.807) is 61.7 Å². The number of hydrogen-bond donors (Lipinski definition) is 3. The first kappa shape index (κ1) is 23.0. The number of sulfonamides is 1. The molecule has 0 bridgehead atoms. The summed E-state index contributed by atoms with van der Waals surface area (Å²) in [4.78, 5) is 12.2. The van der Waals surface area contributed by atoms with Crippen LogP contribution in [0.25, 0.3) is 6.08 Å². The number of hydrogen-bond acceptors (Lipinski definition) is 5. The molecule has 3 aromatic carbocycles. The third-order valence-electron chi connectivity index (χ3n) is 4.24. The van der Waals surface area contributed by atoms with E-state index in [0.29, 0.717) is 17.1 Å². The molecule has 0 heterocycles. The molecule has 0 unspecified atom stereocenters. The fraction of sp³-hybridized carbons (Fsp3) is 0.0435. The molecule has 3 N–H and O–H groups in total. The summed E-state index contributed by atoms with van der Waals surface area (Å²) in [7, 11) is -2.16. The second-order valence-electron chi connectivity index (χ2n) is 6.51. The number of methoxy groups -OCH3 is 1. The van der Waals surface area contributed by atoms with Crippen LogP contribution in [0.2, 0.25) is 0 Å². The zero-order chi connectivity index (χ0) is 23.0. The number of anilines is 2. The summed E-state index contributed by atoms with van der Waals surface area (Å²) >= 11 is 5.15. The lowest BCUT2D eigenvalue weighted by Gasteiger charge is -2.10. The summed E-state index contributed by atoms with van der Waals surface area (Å²) in [5, 5.41) is 5.47. The number of amides is 1. The van der Waals surface area contributed by atoms with E-state index in [1.165, 1.54) is 18.2 Å². The van der Waals surface area contributed by atoms with Gasteiger partial charge in [0, 0.05) is 23.0 Å². The van der Waals surface area contributed by atoms with Crippen molar-refractivity contribution in [2.75, 3.05) is 17.1 Å². The number of ether oxygens (including phenoxy) is 1. The largest absolute Gasteiger partial charge is 0.496 e. The smallest absolute Gasteiger partial charge is 0.261 e. The first-order valence-electron chi connectivity index (χ1n) is 9.48. The lowest BCUT2D eigenvalue weighted by Crippen LogP contribution is -2.32. The average Bonchev–Trinajstić information content (AvgIpc) is 2.78. The maximum absolute atomic E-state index is 12.5. The number of benzene rings is 3. The van der Waals surface area contributed by atoms with Gasteiger partial charge in [0.25, 0.3) is 10.0 Å². The fourth-order valence-electron chi connectivity index (χ4n) is 2.72. The van der Waals surface area contributed by atoms with E-state index in [1.807, 2.05) is 18.2 Å². The average molecular weight is 468 g/mol. The highest BCUT2D eigenvalue weighted by molar-refractivity contribution is 7.92. The van der Waals surface area contributed by atoms with Gasteiger partial charge in [-0.05, 0) is 60.8 Å². The number of rotatable bonds is 7. The molecule has 0 aromatic heterocycles. The Morgan fingerprint density at radius 2 is 1.56 bits per heavy atom. The monoisotopic (exact) mass is 467 g/mol. The van der Waals surface area contributed by atoms with Gasteiger partial charge in [-0.3, -0.25) is 14.8 Å². The standard InChI is InChI=1S/C23H21N3O4S2/c1-30-21-10-6-5-7-17(21)11-16-22(27)25-23(31)24-18-12-14-20(15-13-18)32(28,29)26-19-8-3-2-4-9-19/h2-16,26H,1H3,(H2,24,25,27,31). The zero-order valence-corrected chi connectivity index (χ0v) is 18.7. The predicted octanol–water partition coefficient (Wildman–Crippen LogP) is 4.02. The molecule has 0 aliphatic heterocycles. The Hall–Kier alpha value is -3.69. The summed E-state index contributed by atoms with van der Waals surface area (Å²) in [5.41, 5.74) is 1.76. The predicted molar refractivity (Wildman–Crippen MR) is 130 cm³/mol. The molecule has 0 aliphatic carbocycles. The molecule has 164 valence electrons. The van der Waals surface area contributed by atoms with Gasteiger partial charge in [0.2, 0.25) is 5.91 Å². The highest BCUT2D eigenvalue weighted by Gasteiger charge is 2.14. The Morgan fingerprint density at radius 3 is 2.25 bits per heavy atom. The van der Waals surface area contributed by atoms with E-state index < -0.39 is 15.9 Å². The zero-order valence-electron chi connectivity index (χ0n) is 17.1. The van der Waals surface area contributed by atoms with Gasteiger partial charge in [0.15, 0.2) is 5.11 Å². The van der Waals surface area contributed by atoms with Gasteiger partial charge in [0.05, 0.1) is 12.0 Å². The molecule has 3 aromatic rings. The molecule has 0 aliphatic rings. The summed E-state index contributed by atoms with van der Waals surface area (Å²) in [5.74, 6) is 0.230. The maximum Gasteiger partial charge on any atom is 0.261 e. The summed E-state index contributed by atoms with van der Waals surface area (Å²) in [6.07, 6.45) is 2.97. The first-order valence-corrected chi connectivity index (χ1v) is 11.4. The summed E-state index contributed by atoms with van der Waals surface area (Å²) < 4.78 is 32.7. The summed E-state index contributed by atoms with van der Waals surface area (Å²) in [6.45, 7) is 0. The molecule has 1 amide bonds. The second-order valence-corrected chi connectivity index (χ2v) is 8.61. The Labute approximate surface area is 192 Å². The first-order chi connectivity index (χ1) is 15.4. The maximum atomic E-state index is 12.5. The minimum absolute atomic E-state index is 0.0812.